The lowest BCUT2D eigenvalue weighted by atomic mass is 9.97. The number of hydrogen-bond acceptors (Lipinski definition) is 4. The summed E-state index contributed by atoms with van der Waals surface area (Å²) in [5, 5.41) is 10.9. The lowest BCUT2D eigenvalue weighted by molar-refractivity contribution is -0.568. The summed E-state index contributed by atoms with van der Waals surface area (Å²) in [7, 11) is 1.66. The summed E-state index contributed by atoms with van der Waals surface area (Å²) in [4.78, 5) is 13.4. The Morgan fingerprint density at radius 1 is 1.00 bits per heavy atom. The van der Waals surface area contributed by atoms with Crippen molar-refractivity contribution in [3.05, 3.63) is 118 Å². The zero-order valence-corrected chi connectivity index (χ0v) is 21.6. The first-order valence-electron chi connectivity index (χ1n) is 11.9. The zero-order chi connectivity index (χ0) is 25.4. The molecule has 1 N–H and O–H groups in total. The van der Waals surface area contributed by atoms with E-state index < -0.39 is 0 Å². The maximum absolute atomic E-state index is 12.6. The van der Waals surface area contributed by atoms with Gasteiger partial charge in [-0.05, 0) is 52.2 Å². The summed E-state index contributed by atoms with van der Waals surface area (Å²) in [5.41, 5.74) is 3.95. The fourth-order valence-electron chi connectivity index (χ4n) is 4.68. The Balaban J connectivity index is 1.49. The molecule has 0 spiro atoms. The van der Waals surface area contributed by atoms with E-state index in [-0.39, 0.29) is 11.3 Å². The number of amides is 1. The molecule has 7 heteroatoms. The van der Waals surface area contributed by atoms with Crippen LogP contribution in [0.3, 0.4) is 0 Å². The molecule has 4 aromatic rings. The van der Waals surface area contributed by atoms with Gasteiger partial charge in [-0.1, -0.05) is 83.4 Å². The number of thioether (sulfide) groups is 1. The third kappa shape index (κ3) is 4.66. The van der Waals surface area contributed by atoms with Crippen LogP contribution in [-0.2, 0) is 0 Å². The summed E-state index contributed by atoms with van der Waals surface area (Å²) in [5.74, 6) is 1.45. The Labute approximate surface area is 224 Å². The Morgan fingerprint density at radius 3 is 2.54 bits per heavy atom. The molecule has 1 atom stereocenters. The van der Waals surface area contributed by atoms with E-state index in [1.165, 1.54) is 10.8 Å². The molecule has 2 heterocycles. The predicted octanol–water partition coefficient (Wildman–Crippen LogP) is 7.26. The molecule has 0 radical (unpaired) electrons. The van der Waals surface area contributed by atoms with Gasteiger partial charge in [0.25, 0.3) is 0 Å². The Morgan fingerprint density at radius 2 is 1.76 bits per heavy atom. The number of rotatable bonds is 4. The molecular formula is C30H23ClN3O2S+. The minimum absolute atomic E-state index is 0.101. The van der Waals surface area contributed by atoms with Gasteiger partial charge in [-0.2, -0.15) is 5.32 Å². The monoisotopic (exact) mass is 524 g/mol. The van der Waals surface area contributed by atoms with E-state index in [0.717, 1.165) is 44.8 Å². The van der Waals surface area contributed by atoms with Crippen LogP contribution in [0.15, 0.2) is 101 Å². The van der Waals surface area contributed by atoms with Crippen molar-refractivity contribution < 1.29 is 14.2 Å². The molecular weight excluding hydrogens is 502 g/mol. The SMILES string of the molecule is COc1ccc([C@H]2CC(c3ccc4ccccc4c3)=N/[N+]2=C2\NC(=O)S\C2=C/c2ccccc2Cl)cc1. The summed E-state index contributed by atoms with van der Waals surface area (Å²) >= 11 is 7.58. The first-order chi connectivity index (χ1) is 18.1. The Kier molecular flexibility index (Phi) is 6.28. The third-order valence-electron chi connectivity index (χ3n) is 6.57. The fraction of sp³-hybridized carbons (Fsp3) is 0.100. The second kappa shape index (κ2) is 9.88. The van der Waals surface area contributed by atoms with Gasteiger partial charge in [0.2, 0.25) is 0 Å². The van der Waals surface area contributed by atoms with E-state index in [4.69, 9.17) is 21.4 Å². The smallest absolute Gasteiger partial charge is 0.372 e. The highest BCUT2D eigenvalue weighted by molar-refractivity contribution is 8.18. The van der Waals surface area contributed by atoms with Crippen molar-refractivity contribution >= 4 is 57.0 Å². The summed E-state index contributed by atoms with van der Waals surface area (Å²) in [6.45, 7) is 0. The van der Waals surface area contributed by atoms with Crippen molar-refractivity contribution in [3.8, 4) is 5.75 Å². The van der Waals surface area contributed by atoms with Gasteiger partial charge in [-0.25, -0.2) is 4.79 Å². The molecule has 0 bridgehead atoms. The molecule has 6 rings (SSSR count). The number of nitrogens with one attached hydrogen (secondary N) is 1. The number of benzene rings is 4. The maximum Gasteiger partial charge on any atom is 0.372 e. The number of nitrogens with zero attached hydrogens (tertiary/aromatic N) is 2. The molecule has 2 aliphatic rings. The highest BCUT2D eigenvalue weighted by atomic mass is 35.5. The molecule has 0 saturated carbocycles. The van der Waals surface area contributed by atoms with Gasteiger partial charge in [0.05, 0.1) is 12.8 Å². The molecule has 37 heavy (non-hydrogen) atoms. The molecule has 0 unspecified atom stereocenters. The zero-order valence-electron chi connectivity index (χ0n) is 20.0. The summed E-state index contributed by atoms with van der Waals surface area (Å²) in [6.07, 6.45) is 2.63. The highest BCUT2D eigenvalue weighted by Gasteiger charge is 2.40. The van der Waals surface area contributed by atoms with Crippen LogP contribution in [0.4, 0.5) is 4.79 Å². The lowest BCUT2D eigenvalue weighted by Gasteiger charge is -2.11. The van der Waals surface area contributed by atoms with E-state index in [0.29, 0.717) is 17.3 Å². The second-order valence-electron chi connectivity index (χ2n) is 8.84. The van der Waals surface area contributed by atoms with Crippen LogP contribution in [0.1, 0.15) is 29.2 Å². The van der Waals surface area contributed by atoms with Crippen molar-refractivity contribution in [2.45, 2.75) is 12.5 Å². The lowest BCUT2D eigenvalue weighted by Crippen LogP contribution is -2.29. The van der Waals surface area contributed by atoms with Gasteiger partial charge >= 0.3 is 11.1 Å². The largest absolute Gasteiger partial charge is 0.497 e. The minimum Gasteiger partial charge on any atom is -0.497 e. The Bertz CT molecular complexity index is 1630. The second-order valence-corrected chi connectivity index (χ2v) is 10.3. The molecule has 182 valence electrons. The van der Waals surface area contributed by atoms with Crippen LogP contribution < -0.4 is 10.1 Å². The standard InChI is InChI=1S/C30H22ClN3O2S/c1-36-24-14-12-20(13-15-24)27-18-26(23-11-10-19-6-2-3-7-21(19)16-23)33-34(27)29-28(37-30(35)32-29)17-22-8-4-5-9-25(22)31/h2-17,27H,18H2,1H3/p+1/b28-17-/t27-/m1/s1. The van der Waals surface area contributed by atoms with Crippen LogP contribution >= 0.6 is 23.4 Å². The van der Waals surface area contributed by atoms with Crippen LogP contribution in [0.5, 0.6) is 5.75 Å². The molecule has 5 nitrogen and oxygen atoms in total. The van der Waals surface area contributed by atoms with Crippen molar-refractivity contribution in [1.82, 2.24) is 5.32 Å². The third-order valence-corrected chi connectivity index (χ3v) is 7.73. The molecule has 4 aromatic carbocycles. The van der Waals surface area contributed by atoms with Crippen LogP contribution in [-0.4, -0.2) is 28.6 Å². The predicted molar refractivity (Wildman–Crippen MR) is 152 cm³/mol. The number of fused-ring (bicyclic) bond motifs is 1. The van der Waals surface area contributed by atoms with Crippen molar-refractivity contribution in [2.24, 2.45) is 5.10 Å². The van der Waals surface area contributed by atoms with E-state index in [9.17, 15) is 4.79 Å². The van der Waals surface area contributed by atoms with Gasteiger partial charge in [-0.3, -0.25) is 0 Å². The molecule has 1 saturated heterocycles. The number of halogens is 1. The molecule has 1 amide bonds. The normalized spacial score (nSPS) is 20.4. The van der Waals surface area contributed by atoms with Crippen LogP contribution in [0, 0.1) is 0 Å². The fourth-order valence-corrected chi connectivity index (χ4v) is 5.64. The number of methoxy groups -OCH3 is 1. The van der Waals surface area contributed by atoms with Gasteiger partial charge in [0.1, 0.15) is 10.7 Å². The van der Waals surface area contributed by atoms with E-state index in [1.807, 2.05) is 59.3 Å². The average molecular weight is 525 g/mol. The van der Waals surface area contributed by atoms with Crippen molar-refractivity contribution in [3.63, 3.8) is 0 Å². The Hall–Kier alpha value is -3.87. The van der Waals surface area contributed by atoms with Crippen LogP contribution in [0.25, 0.3) is 16.8 Å². The van der Waals surface area contributed by atoms with Gasteiger partial charge < -0.3 is 4.74 Å². The topological polar surface area (TPSA) is 53.7 Å². The van der Waals surface area contributed by atoms with E-state index >= 15 is 0 Å². The van der Waals surface area contributed by atoms with Gasteiger partial charge in [-0.15, -0.1) is 4.68 Å². The number of hydrazone groups is 1. The van der Waals surface area contributed by atoms with Crippen molar-refractivity contribution in [2.75, 3.05) is 7.11 Å². The van der Waals surface area contributed by atoms with Gasteiger partial charge in [0.15, 0.2) is 6.04 Å². The van der Waals surface area contributed by atoms with Crippen LogP contribution in [0.2, 0.25) is 5.02 Å². The minimum atomic E-state index is -0.142. The van der Waals surface area contributed by atoms with Crippen molar-refractivity contribution in [1.29, 1.82) is 0 Å². The summed E-state index contributed by atoms with van der Waals surface area (Å²) < 4.78 is 7.31. The quantitative estimate of drug-likeness (QED) is 0.286. The number of carbonyl (C=O) groups excluding carboxylic acids is 1. The number of hydrogen-bond donors (Lipinski definition) is 1. The average Bonchev–Trinajstić information content (AvgIpc) is 3.53. The number of amidine groups is 1. The molecule has 2 aliphatic heterocycles. The number of ether oxygens (including phenoxy) is 1. The highest BCUT2D eigenvalue weighted by Crippen LogP contribution is 2.35. The molecule has 1 fully saturated rings. The van der Waals surface area contributed by atoms with Gasteiger partial charge in [0, 0.05) is 28.8 Å². The maximum atomic E-state index is 12.6. The molecule has 0 aromatic heterocycles. The molecule has 0 aliphatic carbocycles. The first kappa shape index (κ1) is 23.5. The van der Waals surface area contributed by atoms with E-state index in [1.54, 1.807) is 7.11 Å². The summed E-state index contributed by atoms with van der Waals surface area (Å²) in [6, 6.07) is 30.2. The van der Waals surface area contributed by atoms with E-state index in [2.05, 4.69) is 47.8 Å². The number of carbonyl (C=O) groups is 1. The first-order valence-corrected chi connectivity index (χ1v) is 13.1.